The molecule has 3 aliphatic carbocycles. The maximum absolute atomic E-state index is 15.6. The monoisotopic (exact) mass is 497 g/mol. The SMILES string of the molecule is O=C(C1CC1)N1CC(CN2C(=O)C3(CC3)N=C2c2ccc(-c3ccc4c(cnn4C4CC4)c3)cc2F)C1. The Balaban J connectivity index is 1.05. The lowest BCUT2D eigenvalue weighted by Crippen LogP contribution is -2.55. The summed E-state index contributed by atoms with van der Waals surface area (Å²) in [7, 11) is 0. The van der Waals surface area contributed by atoms with E-state index < -0.39 is 5.54 Å². The lowest BCUT2D eigenvalue weighted by molar-refractivity contribution is -0.139. The molecule has 4 fully saturated rings. The van der Waals surface area contributed by atoms with Crippen LogP contribution in [-0.2, 0) is 9.59 Å². The van der Waals surface area contributed by atoms with Crippen LogP contribution in [0.5, 0.6) is 0 Å². The van der Waals surface area contributed by atoms with Crippen molar-refractivity contribution in [3.63, 3.8) is 0 Å². The van der Waals surface area contributed by atoms with Crippen LogP contribution in [0.25, 0.3) is 22.0 Å². The minimum atomic E-state index is -0.694. The van der Waals surface area contributed by atoms with E-state index in [1.54, 1.807) is 17.0 Å². The van der Waals surface area contributed by atoms with Gasteiger partial charge in [-0.2, -0.15) is 5.10 Å². The molecule has 0 N–H and O–H groups in total. The van der Waals surface area contributed by atoms with E-state index in [-0.39, 0.29) is 29.5 Å². The second-order valence-corrected chi connectivity index (χ2v) is 11.6. The Kier molecular flexibility index (Phi) is 4.36. The Labute approximate surface area is 213 Å². The molecule has 188 valence electrons. The molecule has 37 heavy (non-hydrogen) atoms. The lowest BCUT2D eigenvalue weighted by Gasteiger charge is -2.41. The first-order chi connectivity index (χ1) is 18.0. The first-order valence-corrected chi connectivity index (χ1v) is 13.5. The molecule has 0 atom stereocenters. The van der Waals surface area contributed by atoms with E-state index in [0.717, 1.165) is 47.7 Å². The predicted molar refractivity (Wildman–Crippen MR) is 136 cm³/mol. The molecule has 0 unspecified atom stereocenters. The molecule has 0 radical (unpaired) electrons. The Morgan fingerprint density at radius 3 is 2.49 bits per heavy atom. The van der Waals surface area contributed by atoms with Crippen molar-refractivity contribution in [1.82, 2.24) is 19.6 Å². The minimum Gasteiger partial charge on any atom is -0.342 e. The molecule has 3 saturated carbocycles. The quantitative estimate of drug-likeness (QED) is 0.513. The Morgan fingerprint density at radius 2 is 1.78 bits per heavy atom. The van der Waals surface area contributed by atoms with Crippen molar-refractivity contribution >= 4 is 28.6 Å². The lowest BCUT2D eigenvalue weighted by atomic mass is 9.97. The van der Waals surface area contributed by atoms with Crippen LogP contribution in [0, 0.1) is 17.7 Å². The largest absolute Gasteiger partial charge is 0.342 e. The van der Waals surface area contributed by atoms with Crippen LogP contribution in [0.15, 0.2) is 47.6 Å². The fourth-order valence-electron chi connectivity index (χ4n) is 5.91. The summed E-state index contributed by atoms with van der Waals surface area (Å²) in [5, 5.41) is 5.59. The average molecular weight is 498 g/mol. The molecule has 3 heterocycles. The molecular weight excluding hydrogens is 469 g/mol. The Bertz CT molecular complexity index is 1510. The van der Waals surface area contributed by atoms with E-state index in [2.05, 4.69) is 21.9 Å². The molecule has 5 aliphatic rings. The van der Waals surface area contributed by atoms with Gasteiger partial charge in [0.05, 0.1) is 23.3 Å². The first-order valence-electron chi connectivity index (χ1n) is 13.5. The van der Waals surface area contributed by atoms with Crippen LogP contribution in [0.3, 0.4) is 0 Å². The molecule has 1 aromatic heterocycles. The highest BCUT2D eigenvalue weighted by atomic mass is 19.1. The number of carbonyl (C=O) groups is 2. The smallest absolute Gasteiger partial charge is 0.256 e. The van der Waals surface area contributed by atoms with E-state index in [1.165, 1.54) is 12.8 Å². The average Bonchev–Trinajstić information content (AvgIpc) is 3.75. The third kappa shape index (κ3) is 3.45. The van der Waals surface area contributed by atoms with Crippen molar-refractivity contribution in [3.05, 3.63) is 54.0 Å². The number of amides is 2. The number of fused-ring (bicyclic) bond motifs is 1. The van der Waals surface area contributed by atoms with Gasteiger partial charge in [-0.25, -0.2) is 4.39 Å². The number of amidine groups is 1. The van der Waals surface area contributed by atoms with Gasteiger partial charge in [0.1, 0.15) is 17.2 Å². The molecule has 2 aliphatic heterocycles. The zero-order valence-electron chi connectivity index (χ0n) is 20.6. The van der Waals surface area contributed by atoms with Gasteiger partial charge in [0.15, 0.2) is 0 Å². The number of aliphatic imine (C=N–C) groups is 1. The van der Waals surface area contributed by atoms with Crippen molar-refractivity contribution in [2.24, 2.45) is 16.8 Å². The summed E-state index contributed by atoms with van der Waals surface area (Å²) in [6.07, 6.45) is 7.66. The molecule has 8 heteroatoms. The van der Waals surface area contributed by atoms with Gasteiger partial charge in [0.2, 0.25) is 5.91 Å². The number of rotatable bonds is 6. The molecule has 0 bridgehead atoms. The van der Waals surface area contributed by atoms with Crippen LogP contribution in [0.1, 0.15) is 50.1 Å². The van der Waals surface area contributed by atoms with Gasteiger partial charge < -0.3 is 4.90 Å². The van der Waals surface area contributed by atoms with Gasteiger partial charge >= 0.3 is 0 Å². The summed E-state index contributed by atoms with van der Waals surface area (Å²) >= 11 is 0. The fourth-order valence-corrected chi connectivity index (χ4v) is 5.91. The molecular formula is C29H28FN5O2. The van der Waals surface area contributed by atoms with Crippen LogP contribution in [0.2, 0.25) is 0 Å². The minimum absolute atomic E-state index is 0.0175. The van der Waals surface area contributed by atoms with Crippen molar-refractivity contribution in [2.75, 3.05) is 19.6 Å². The summed E-state index contributed by atoms with van der Waals surface area (Å²) in [6.45, 7) is 1.82. The number of nitrogens with zero attached hydrogens (tertiary/aromatic N) is 5. The fraction of sp³-hybridized carbons (Fsp3) is 0.448. The maximum atomic E-state index is 15.6. The third-order valence-corrected chi connectivity index (χ3v) is 8.61. The summed E-state index contributed by atoms with van der Waals surface area (Å²) in [5.41, 5.74) is 2.51. The summed E-state index contributed by atoms with van der Waals surface area (Å²) in [5.74, 6) is 0.715. The van der Waals surface area contributed by atoms with E-state index in [9.17, 15) is 9.59 Å². The van der Waals surface area contributed by atoms with Crippen LogP contribution >= 0.6 is 0 Å². The molecule has 1 spiro atoms. The van der Waals surface area contributed by atoms with Gasteiger partial charge in [-0.15, -0.1) is 0 Å². The van der Waals surface area contributed by atoms with Crippen LogP contribution in [-0.4, -0.2) is 62.4 Å². The molecule has 3 aromatic rings. The highest BCUT2D eigenvalue weighted by Crippen LogP contribution is 2.47. The van der Waals surface area contributed by atoms with E-state index in [0.29, 0.717) is 37.1 Å². The highest BCUT2D eigenvalue weighted by molar-refractivity contribution is 6.16. The van der Waals surface area contributed by atoms with E-state index >= 15 is 4.39 Å². The second-order valence-electron chi connectivity index (χ2n) is 11.6. The summed E-state index contributed by atoms with van der Waals surface area (Å²) in [6, 6.07) is 11.9. The standard InChI is InChI=1S/C29H28FN5O2/c30-24-12-20(19-4-8-25-21(11-19)13-31-35(25)22-5-6-22)3-7-23(24)26-32-29(9-10-29)28(37)34(26)16-17-14-33(15-17)27(36)18-1-2-18/h3-4,7-8,11-13,17-18,22H,1-2,5-6,9-10,14-16H2. The summed E-state index contributed by atoms with van der Waals surface area (Å²) in [4.78, 5) is 33.9. The molecule has 8 rings (SSSR count). The molecule has 7 nitrogen and oxygen atoms in total. The third-order valence-electron chi connectivity index (χ3n) is 8.61. The number of hydrogen-bond donors (Lipinski definition) is 0. The number of hydrogen-bond acceptors (Lipinski definition) is 4. The predicted octanol–water partition coefficient (Wildman–Crippen LogP) is 4.17. The van der Waals surface area contributed by atoms with Crippen molar-refractivity contribution in [2.45, 2.75) is 50.1 Å². The topological polar surface area (TPSA) is 70.8 Å². The van der Waals surface area contributed by atoms with Gasteiger partial charge in [-0.1, -0.05) is 12.1 Å². The van der Waals surface area contributed by atoms with Gasteiger partial charge in [0, 0.05) is 36.9 Å². The Hall–Kier alpha value is -3.55. The normalized spacial score (nSPS) is 22.6. The van der Waals surface area contributed by atoms with Gasteiger partial charge in [-0.3, -0.25) is 24.2 Å². The zero-order chi connectivity index (χ0) is 24.9. The van der Waals surface area contributed by atoms with Gasteiger partial charge in [0.25, 0.3) is 5.91 Å². The molecule has 1 saturated heterocycles. The highest BCUT2D eigenvalue weighted by Gasteiger charge is 2.58. The number of carbonyl (C=O) groups excluding carboxylic acids is 2. The summed E-state index contributed by atoms with van der Waals surface area (Å²) < 4.78 is 17.7. The van der Waals surface area contributed by atoms with Crippen molar-refractivity contribution in [3.8, 4) is 11.1 Å². The zero-order valence-corrected chi connectivity index (χ0v) is 20.6. The van der Waals surface area contributed by atoms with Crippen molar-refractivity contribution < 1.29 is 14.0 Å². The van der Waals surface area contributed by atoms with Crippen LogP contribution in [0.4, 0.5) is 4.39 Å². The van der Waals surface area contributed by atoms with E-state index in [1.807, 2.05) is 23.2 Å². The molecule has 2 aromatic carbocycles. The number of benzene rings is 2. The first kappa shape index (κ1) is 21.5. The maximum Gasteiger partial charge on any atom is 0.256 e. The number of likely N-dealkylation sites (tertiary alicyclic amines) is 1. The molecule has 2 amide bonds. The Morgan fingerprint density at radius 1 is 1.03 bits per heavy atom. The van der Waals surface area contributed by atoms with Gasteiger partial charge in [-0.05, 0) is 73.9 Å². The second kappa shape index (κ2) is 7.49. The van der Waals surface area contributed by atoms with E-state index in [4.69, 9.17) is 4.99 Å². The van der Waals surface area contributed by atoms with Crippen molar-refractivity contribution in [1.29, 1.82) is 0 Å². The number of halogens is 1. The van der Waals surface area contributed by atoms with Crippen LogP contribution < -0.4 is 0 Å². The number of aromatic nitrogens is 2.